The van der Waals surface area contributed by atoms with E-state index in [0.29, 0.717) is 35.8 Å². The molecule has 1 amide bonds. The number of hydrogen-bond acceptors (Lipinski definition) is 5. The third kappa shape index (κ3) is 4.59. The first-order valence-electron chi connectivity index (χ1n) is 13.2. The minimum absolute atomic E-state index is 0.0784. The van der Waals surface area contributed by atoms with Crippen LogP contribution in [0.15, 0.2) is 89.7 Å². The molecular weight excluding hydrogens is 488 g/mol. The molecule has 1 aliphatic heterocycles. The van der Waals surface area contributed by atoms with E-state index in [1.54, 1.807) is 21.6 Å². The highest BCUT2D eigenvalue weighted by molar-refractivity contribution is 5.71. The number of ether oxygens (including phenoxy) is 1. The van der Waals surface area contributed by atoms with Crippen LogP contribution in [0.1, 0.15) is 52.7 Å². The van der Waals surface area contributed by atoms with Crippen molar-refractivity contribution < 1.29 is 9.53 Å². The van der Waals surface area contributed by atoms with Crippen molar-refractivity contribution in [3.8, 4) is 11.8 Å². The molecule has 7 nitrogen and oxygen atoms in total. The molecule has 1 saturated carbocycles. The summed E-state index contributed by atoms with van der Waals surface area (Å²) in [4.78, 5) is 33.3. The van der Waals surface area contributed by atoms with Crippen LogP contribution in [-0.4, -0.2) is 27.1 Å². The molecule has 194 valence electrons. The highest BCUT2D eigenvalue weighted by Gasteiger charge is 2.44. The van der Waals surface area contributed by atoms with Gasteiger partial charge in [-0.1, -0.05) is 72.8 Å². The van der Waals surface area contributed by atoms with Crippen molar-refractivity contribution in [1.82, 2.24) is 14.5 Å². The zero-order valence-electron chi connectivity index (χ0n) is 21.7. The van der Waals surface area contributed by atoms with E-state index in [9.17, 15) is 14.9 Å². The number of rotatable bonds is 5. The molecule has 7 heteroatoms. The molecule has 6 rings (SSSR count). The number of aryl methyl sites for hydroxylation is 1. The fourth-order valence-corrected chi connectivity index (χ4v) is 5.44. The summed E-state index contributed by atoms with van der Waals surface area (Å²) in [5.74, 6) is 1.02. The van der Waals surface area contributed by atoms with Gasteiger partial charge >= 0.3 is 6.09 Å². The molecule has 2 aliphatic rings. The van der Waals surface area contributed by atoms with Crippen molar-refractivity contribution in [2.45, 2.75) is 44.2 Å². The summed E-state index contributed by atoms with van der Waals surface area (Å²) in [6.45, 7) is 2.41. The number of nitriles is 1. The number of fused-ring (bicyclic) bond motifs is 1. The third-order valence-corrected chi connectivity index (χ3v) is 7.77. The van der Waals surface area contributed by atoms with Gasteiger partial charge in [0.15, 0.2) is 0 Å². The van der Waals surface area contributed by atoms with Gasteiger partial charge in [0.25, 0.3) is 5.56 Å². The summed E-state index contributed by atoms with van der Waals surface area (Å²) in [5.41, 5.74) is 3.75. The molecule has 0 spiro atoms. The fourth-order valence-electron chi connectivity index (χ4n) is 5.44. The van der Waals surface area contributed by atoms with E-state index in [0.717, 1.165) is 29.5 Å². The number of hydrogen-bond donors (Lipinski definition) is 0. The van der Waals surface area contributed by atoms with Crippen molar-refractivity contribution in [3.63, 3.8) is 0 Å². The first kappa shape index (κ1) is 24.6. The summed E-state index contributed by atoms with van der Waals surface area (Å²) in [6, 6.07) is 29.2. The minimum atomic E-state index is -0.482. The first-order chi connectivity index (χ1) is 19.0. The van der Waals surface area contributed by atoms with E-state index in [4.69, 9.17) is 9.72 Å². The zero-order chi connectivity index (χ0) is 27.0. The lowest BCUT2D eigenvalue weighted by molar-refractivity contribution is 0.145. The van der Waals surface area contributed by atoms with Gasteiger partial charge in [-0.2, -0.15) is 5.26 Å². The maximum Gasteiger partial charge on any atom is 0.415 e. The van der Waals surface area contributed by atoms with Crippen molar-refractivity contribution in [1.29, 1.82) is 5.26 Å². The summed E-state index contributed by atoms with van der Waals surface area (Å²) < 4.78 is 7.39. The Morgan fingerprint density at radius 1 is 0.974 bits per heavy atom. The van der Waals surface area contributed by atoms with Crippen molar-refractivity contribution >= 4 is 6.09 Å². The van der Waals surface area contributed by atoms with Gasteiger partial charge in [0, 0.05) is 12.1 Å². The molecule has 1 fully saturated rings. The molecular formula is C32H28N4O3. The Balaban J connectivity index is 1.25. The van der Waals surface area contributed by atoms with Crippen LogP contribution in [0.4, 0.5) is 4.79 Å². The van der Waals surface area contributed by atoms with Crippen molar-refractivity contribution in [2.24, 2.45) is 0 Å². The van der Waals surface area contributed by atoms with Gasteiger partial charge in [0.2, 0.25) is 0 Å². The topological polar surface area (TPSA) is 88.2 Å². The van der Waals surface area contributed by atoms with Crippen LogP contribution in [-0.2, 0) is 18.4 Å². The second kappa shape index (κ2) is 9.88. The maximum atomic E-state index is 13.9. The predicted molar refractivity (Wildman–Crippen MR) is 146 cm³/mol. The summed E-state index contributed by atoms with van der Waals surface area (Å²) in [6.07, 6.45) is 1.64. The Labute approximate surface area is 226 Å². The molecule has 0 N–H and O–H groups in total. The quantitative estimate of drug-likeness (QED) is 0.359. The van der Waals surface area contributed by atoms with E-state index in [1.807, 2.05) is 79.7 Å². The van der Waals surface area contributed by atoms with Gasteiger partial charge in [-0.05, 0) is 55.0 Å². The van der Waals surface area contributed by atoms with E-state index < -0.39 is 6.09 Å². The van der Waals surface area contributed by atoms with E-state index in [2.05, 4.69) is 6.07 Å². The van der Waals surface area contributed by atoms with Crippen LogP contribution < -0.4 is 10.3 Å². The lowest BCUT2D eigenvalue weighted by Gasteiger charge is -2.30. The Hall–Kier alpha value is -4.70. The van der Waals surface area contributed by atoms with Gasteiger partial charge in [-0.25, -0.2) is 9.78 Å². The van der Waals surface area contributed by atoms with Crippen LogP contribution in [0, 0.1) is 18.3 Å². The lowest BCUT2D eigenvalue weighted by atomic mass is 9.97. The lowest BCUT2D eigenvalue weighted by Crippen LogP contribution is -2.43. The standard InChI is InChI=1S/C32H28N4O3/c1-22-34-28-20-35(31(38)39-26-14-12-25(13-15-26)32(21-33)17-18-32)19-16-27(28)30(37)36(22)29(23-8-4-2-5-9-23)24-10-6-3-7-11-24/h2-15,29H,16-20H2,1H3. The highest BCUT2D eigenvalue weighted by Crippen LogP contribution is 2.47. The minimum Gasteiger partial charge on any atom is -0.410 e. The predicted octanol–water partition coefficient (Wildman–Crippen LogP) is 5.30. The second-order valence-corrected chi connectivity index (χ2v) is 10.2. The number of aromatic nitrogens is 2. The van der Waals surface area contributed by atoms with E-state index in [1.165, 1.54) is 0 Å². The van der Waals surface area contributed by atoms with E-state index >= 15 is 0 Å². The SMILES string of the molecule is Cc1nc2c(c(=O)n1C(c1ccccc1)c1ccccc1)CCN(C(=O)Oc1ccc(C3(C#N)CC3)cc1)C2. The fraction of sp³-hybridized carbons (Fsp3) is 0.250. The first-order valence-corrected chi connectivity index (χ1v) is 13.2. The molecule has 39 heavy (non-hydrogen) atoms. The summed E-state index contributed by atoms with van der Waals surface area (Å²) in [7, 11) is 0. The van der Waals surface area contributed by atoms with Crippen LogP contribution in [0.2, 0.25) is 0 Å². The number of carbonyl (C=O) groups is 1. The smallest absolute Gasteiger partial charge is 0.410 e. The van der Waals surface area contributed by atoms with Gasteiger partial charge in [-0.3, -0.25) is 9.36 Å². The van der Waals surface area contributed by atoms with Gasteiger partial charge in [0.1, 0.15) is 11.6 Å². The average molecular weight is 517 g/mol. The number of nitrogens with zero attached hydrogens (tertiary/aromatic N) is 4. The Bertz CT molecular complexity index is 1580. The normalized spacial score (nSPS) is 15.4. The molecule has 0 saturated heterocycles. The van der Waals surface area contributed by atoms with Crippen molar-refractivity contribution in [2.75, 3.05) is 6.54 Å². The van der Waals surface area contributed by atoms with Gasteiger partial charge in [-0.15, -0.1) is 0 Å². The number of benzene rings is 3. The second-order valence-electron chi connectivity index (χ2n) is 10.2. The van der Waals surface area contributed by atoms with E-state index in [-0.39, 0.29) is 23.6 Å². The Morgan fingerprint density at radius 2 is 1.59 bits per heavy atom. The highest BCUT2D eigenvalue weighted by atomic mass is 16.6. The molecule has 0 unspecified atom stereocenters. The Morgan fingerprint density at radius 3 is 2.15 bits per heavy atom. The summed E-state index contributed by atoms with van der Waals surface area (Å²) >= 11 is 0. The van der Waals surface area contributed by atoms with Crippen LogP contribution in [0.3, 0.4) is 0 Å². The van der Waals surface area contributed by atoms with Crippen LogP contribution >= 0.6 is 0 Å². The van der Waals surface area contributed by atoms with Crippen molar-refractivity contribution in [3.05, 3.63) is 129 Å². The molecule has 4 aromatic rings. The molecule has 1 aliphatic carbocycles. The zero-order valence-corrected chi connectivity index (χ0v) is 21.7. The largest absolute Gasteiger partial charge is 0.415 e. The van der Waals surface area contributed by atoms with Crippen LogP contribution in [0.5, 0.6) is 5.75 Å². The molecule has 0 radical (unpaired) electrons. The molecule has 1 aromatic heterocycles. The molecule has 0 bridgehead atoms. The molecule has 3 aromatic carbocycles. The number of carbonyl (C=O) groups excluding carboxylic acids is 1. The number of amides is 1. The van der Waals surface area contributed by atoms with Gasteiger partial charge in [0.05, 0.1) is 29.8 Å². The maximum absolute atomic E-state index is 13.9. The Kier molecular flexibility index (Phi) is 6.24. The molecule has 0 atom stereocenters. The summed E-state index contributed by atoms with van der Waals surface area (Å²) in [5, 5.41) is 9.41. The van der Waals surface area contributed by atoms with Crippen LogP contribution in [0.25, 0.3) is 0 Å². The third-order valence-electron chi connectivity index (χ3n) is 7.77. The average Bonchev–Trinajstić information content (AvgIpc) is 3.78. The van der Waals surface area contributed by atoms with Gasteiger partial charge < -0.3 is 9.64 Å². The molecule has 2 heterocycles. The monoisotopic (exact) mass is 516 g/mol.